The lowest BCUT2D eigenvalue weighted by Crippen LogP contribution is -2.58. The van der Waals surface area contributed by atoms with Gasteiger partial charge in [-0.3, -0.25) is 9.69 Å². The first-order valence-corrected chi connectivity index (χ1v) is 11.2. The molecule has 0 amide bonds. The van der Waals surface area contributed by atoms with Gasteiger partial charge in [0.25, 0.3) is 0 Å². The van der Waals surface area contributed by atoms with E-state index in [4.69, 9.17) is 9.47 Å². The maximum absolute atomic E-state index is 13.1. The van der Waals surface area contributed by atoms with Crippen molar-refractivity contribution in [3.63, 3.8) is 0 Å². The van der Waals surface area contributed by atoms with E-state index in [1.807, 2.05) is 4.90 Å². The van der Waals surface area contributed by atoms with E-state index in [0.29, 0.717) is 25.9 Å². The van der Waals surface area contributed by atoms with Crippen molar-refractivity contribution in [2.45, 2.75) is 50.0 Å². The molecular formula is C19H26F2N2O6S. The number of alkyl halides is 2. The fourth-order valence-corrected chi connectivity index (χ4v) is 5.37. The fraction of sp³-hybridized carbons (Fsp3) is 0.632. The highest BCUT2D eigenvalue weighted by molar-refractivity contribution is 7.89. The molecule has 1 aromatic carbocycles. The Morgan fingerprint density at radius 1 is 1.17 bits per heavy atom. The van der Waals surface area contributed by atoms with Crippen molar-refractivity contribution in [3.05, 3.63) is 24.3 Å². The Morgan fingerprint density at radius 3 is 2.37 bits per heavy atom. The summed E-state index contributed by atoms with van der Waals surface area (Å²) in [6.07, 6.45) is 0.856. The summed E-state index contributed by atoms with van der Waals surface area (Å²) in [6.45, 7) is 2.12. The highest BCUT2D eigenvalue weighted by Crippen LogP contribution is 2.33. The Balaban J connectivity index is 1.66. The molecule has 0 saturated carbocycles. The maximum atomic E-state index is 13.1. The van der Waals surface area contributed by atoms with Crippen LogP contribution in [0, 0.1) is 0 Å². The van der Waals surface area contributed by atoms with Crippen LogP contribution in [0.3, 0.4) is 0 Å². The van der Waals surface area contributed by atoms with Gasteiger partial charge in [0.15, 0.2) is 6.23 Å². The van der Waals surface area contributed by atoms with Gasteiger partial charge < -0.3 is 14.2 Å². The van der Waals surface area contributed by atoms with Crippen LogP contribution >= 0.6 is 0 Å². The van der Waals surface area contributed by atoms with Crippen molar-refractivity contribution in [3.8, 4) is 5.75 Å². The van der Waals surface area contributed by atoms with Gasteiger partial charge in [0.2, 0.25) is 10.0 Å². The van der Waals surface area contributed by atoms with Gasteiger partial charge in [-0.05, 0) is 44.0 Å². The molecule has 0 bridgehead atoms. The summed E-state index contributed by atoms with van der Waals surface area (Å²) in [7, 11) is -3.80. The third kappa shape index (κ3) is 5.26. The molecule has 0 aliphatic carbocycles. The Kier molecular flexibility index (Phi) is 6.95. The second-order valence-electron chi connectivity index (χ2n) is 7.46. The minimum atomic E-state index is -3.80. The SMILES string of the molecule is CC(=O)OC(C)N1CCC2(CC1)CN(S(=O)(=O)c1ccc(OC(F)F)cc1)CCO2. The van der Waals surface area contributed by atoms with Crippen molar-refractivity contribution in [2.75, 3.05) is 32.8 Å². The molecule has 0 N–H and O–H groups in total. The normalized spacial score (nSPS) is 21.5. The summed E-state index contributed by atoms with van der Waals surface area (Å²) >= 11 is 0. The number of rotatable bonds is 6. The number of hydrogen-bond acceptors (Lipinski definition) is 7. The van der Waals surface area contributed by atoms with Crippen molar-refractivity contribution >= 4 is 16.0 Å². The zero-order chi connectivity index (χ0) is 21.9. The second-order valence-corrected chi connectivity index (χ2v) is 9.40. The Hall–Kier alpha value is -1.82. The summed E-state index contributed by atoms with van der Waals surface area (Å²) < 4.78 is 67.6. The number of ether oxygens (including phenoxy) is 3. The number of sulfonamides is 1. The van der Waals surface area contributed by atoms with Crippen LogP contribution in [0.15, 0.2) is 29.2 Å². The molecule has 0 radical (unpaired) electrons. The first-order chi connectivity index (χ1) is 14.1. The van der Waals surface area contributed by atoms with Gasteiger partial charge in [-0.25, -0.2) is 8.42 Å². The van der Waals surface area contributed by atoms with Crippen LogP contribution in [0.4, 0.5) is 8.78 Å². The lowest BCUT2D eigenvalue weighted by atomic mass is 9.90. The number of morpholine rings is 1. The molecule has 30 heavy (non-hydrogen) atoms. The van der Waals surface area contributed by atoms with Crippen LogP contribution in [-0.2, 0) is 24.3 Å². The van der Waals surface area contributed by atoms with Gasteiger partial charge in [-0.2, -0.15) is 13.1 Å². The second kappa shape index (κ2) is 9.13. The number of halogens is 2. The molecule has 0 aromatic heterocycles. The first-order valence-electron chi connectivity index (χ1n) is 9.72. The van der Waals surface area contributed by atoms with E-state index in [1.54, 1.807) is 6.92 Å². The van der Waals surface area contributed by atoms with Crippen LogP contribution in [0.2, 0.25) is 0 Å². The minimum Gasteiger partial charge on any atom is -0.447 e. The first kappa shape index (κ1) is 22.9. The molecule has 168 valence electrons. The smallest absolute Gasteiger partial charge is 0.387 e. The predicted octanol–water partition coefficient (Wildman–Crippen LogP) is 2.05. The van der Waals surface area contributed by atoms with Crippen LogP contribution in [0.5, 0.6) is 5.75 Å². The molecule has 2 aliphatic heterocycles. The van der Waals surface area contributed by atoms with E-state index in [0.717, 1.165) is 0 Å². The van der Waals surface area contributed by atoms with E-state index >= 15 is 0 Å². The summed E-state index contributed by atoms with van der Waals surface area (Å²) in [5.74, 6) is -0.449. The van der Waals surface area contributed by atoms with E-state index in [2.05, 4.69) is 4.74 Å². The van der Waals surface area contributed by atoms with Crippen LogP contribution in [-0.4, -0.2) is 74.8 Å². The monoisotopic (exact) mass is 448 g/mol. The average molecular weight is 448 g/mol. The lowest BCUT2D eigenvalue weighted by Gasteiger charge is -2.47. The number of carbonyl (C=O) groups is 1. The van der Waals surface area contributed by atoms with Gasteiger partial charge >= 0.3 is 12.6 Å². The summed E-state index contributed by atoms with van der Waals surface area (Å²) in [4.78, 5) is 13.2. The molecule has 2 heterocycles. The Labute approximate surface area is 174 Å². The number of likely N-dealkylation sites (tertiary alicyclic amines) is 1. The molecule has 2 fully saturated rings. The summed E-state index contributed by atoms with van der Waals surface area (Å²) in [5.41, 5.74) is -0.601. The molecular weight excluding hydrogens is 422 g/mol. The molecule has 2 saturated heterocycles. The third-order valence-electron chi connectivity index (χ3n) is 5.46. The Morgan fingerprint density at radius 2 is 1.80 bits per heavy atom. The van der Waals surface area contributed by atoms with Gasteiger partial charge in [0.1, 0.15) is 5.75 Å². The summed E-state index contributed by atoms with van der Waals surface area (Å²) in [5, 5.41) is 0. The topological polar surface area (TPSA) is 85.4 Å². The number of piperidine rings is 1. The predicted molar refractivity (Wildman–Crippen MR) is 103 cm³/mol. The van der Waals surface area contributed by atoms with Crippen molar-refractivity contribution in [1.29, 1.82) is 0 Å². The number of hydrogen-bond donors (Lipinski definition) is 0. The largest absolute Gasteiger partial charge is 0.447 e. The van der Waals surface area contributed by atoms with E-state index < -0.39 is 22.2 Å². The molecule has 1 aromatic rings. The molecule has 2 aliphatic rings. The number of benzene rings is 1. The molecule has 3 rings (SSSR count). The molecule has 8 nitrogen and oxygen atoms in total. The standard InChI is InChI=1S/C19H26F2N2O6S/c1-14(28-15(2)24)22-9-7-19(8-10-22)13-23(11-12-27-19)30(25,26)17-5-3-16(4-6-17)29-18(20)21/h3-6,14,18H,7-13H2,1-2H3. The van der Waals surface area contributed by atoms with Gasteiger partial charge in [-0.15, -0.1) is 0 Å². The third-order valence-corrected chi connectivity index (χ3v) is 7.32. The van der Waals surface area contributed by atoms with Crippen LogP contribution in [0.25, 0.3) is 0 Å². The zero-order valence-corrected chi connectivity index (χ0v) is 17.7. The molecule has 1 spiro atoms. The highest BCUT2D eigenvalue weighted by atomic mass is 32.2. The highest BCUT2D eigenvalue weighted by Gasteiger charge is 2.44. The van der Waals surface area contributed by atoms with E-state index in [1.165, 1.54) is 35.5 Å². The van der Waals surface area contributed by atoms with Crippen molar-refractivity contribution in [1.82, 2.24) is 9.21 Å². The van der Waals surface area contributed by atoms with E-state index in [9.17, 15) is 22.0 Å². The quantitative estimate of drug-likeness (QED) is 0.616. The minimum absolute atomic E-state index is 0.0158. The number of esters is 1. The molecule has 11 heteroatoms. The van der Waals surface area contributed by atoms with Gasteiger partial charge in [0.05, 0.1) is 17.1 Å². The fourth-order valence-electron chi connectivity index (χ4n) is 3.87. The van der Waals surface area contributed by atoms with Crippen molar-refractivity contribution in [2.24, 2.45) is 0 Å². The number of nitrogens with zero attached hydrogens (tertiary/aromatic N) is 2. The Bertz CT molecular complexity index is 841. The zero-order valence-electron chi connectivity index (χ0n) is 16.9. The average Bonchev–Trinajstić information content (AvgIpc) is 2.68. The molecule has 1 atom stereocenters. The van der Waals surface area contributed by atoms with Gasteiger partial charge in [0, 0.05) is 33.1 Å². The van der Waals surface area contributed by atoms with Gasteiger partial charge in [-0.1, -0.05) is 0 Å². The maximum Gasteiger partial charge on any atom is 0.387 e. The molecule has 1 unspecified atom stereocenters. The van der Waals surface area contributed by atoms with Crippen LogP contribution < -0.4 is 4.74 Å². The van der Waals surface area contributed by atoms with E-state index in [-0.39, 0.29) is 42.5 Å². The lowest BCUT2D eigenvalue weighted by molar-refractivity contribution is -0.164. The van der Waals surface area contributed by atoms with Crippen LogP contribution in [0.1, 0.15) is 26.7 Å². The summed E-state index contributed by atoms with van der Waals surface area (Å²) in [6, 6.07) is 4.95. The number of carbonyl (C=O) groups excluding carboxylic acids is 1. The van der Waals surface area contributed by atoms with Crippen molar-refractivity contribution < 1.29 is 36.2 Å².